The van der Waals surface area contributed by atoms with Crippen molar-refractivity contribution in [2.24, 2.45) is 5.84 Å². The summed E-state index contributed by atoms with van der Waals surface area (Å²) in [5.41, 5.74) is 2.00. The van der Waals surface area contributed by atoms with Gasteiger partial charge < -0.3 is 9.26 Å². The Bertz CT molecular complexity index is 416. The number of amides is 2. The molecule has 8 nitrogen and oxygen atoms in total. The number of cyclic esters (lactones) is 1. The van der Waals surface area contributed by atoms with Crippen molar-refractivity contribution in [2.45, 2.75) is 6.54 Å². The fraction of sp³-hybridized carbons (Fsp3) is 0.375. The molecule has 3 N–H and O–H groups in total. The van der Waals surface area contributed by atoms with E-state index in [-0.39, 0.29) is 12.2 Å². The van der Waals surface area contributed by atoms with Crippen LogP contribution in [0.1, 0.15) is 16.2 Å². The molecule has 1 aliphatic heterocycles. The van der Waals surface area contributed by atoms with Crippen LogP contribution in [0, 0.1) is 0 Å². The SMILES string of the molecule is NNC(=O)c1cc(CN2CCOC2=O)on1. The minimum atomic E-state index is -0.543. The minimum Gasteiger partial charge on any atom is -0.448 e. The smallest absolute Gasteiger partial charge is 0.410 e. The van der Waals surface area contributed by atoms with E-state index in [0.717, 1.165) is 0 Å². The van der Waals surface area contributed by atoms with Crippen LogP contribution in [0.5, 0.6) is 0 Å². The van der Waals surface area contributed by atoms with Crippen molar-refractivity contribution in [1.82, 2.24) is 15.5 Å². The molecule has 1 aromatic rings. The van der Waals surface area contributed by atoms with E-state index in [1.807, 2.05) is 5.43 Å². The van der Waals surface area contributed by atoms with E-state index in [1.165, 1.54) is 11.0 Å². The van der Waals surface area contributed by atoms with E-state index in [9.17, 15) is 9.59 Å². The summed E-state index contributed by atoms with van der Waals surface area (Å²) in [5.74, 6) is 4.79. The topological polar surface area (TPSA) is 111 Å². The normalized spacial score (nSPS) is 15.1. The van der Waals surface area contributed by atoms with Gasteiger partial charge in [-0.25, -0.2) is 10.6 Å². The van der Waals surface area contributed by atoms with Gasteiger partial charge in [0.25, 0.3) is 5.91 Å². The van der Waals surface area contributed by atoms with E-state index < -0.39 is 12.0 Å². The lowest BCUT2D eigenvalue weighted by Gasteiger charge is -2.08. The average molecular weight is 226 g/mol. The van der Waals surface area contributed by atoms with Crippen molar-refractivity contribution in [1.29, 1.82) is 0 Å². The molecule has 1 aliphatic rings. The van der Waals surface area contributed by atoms with Crippen LogP contribution in [-0.4, -0.2) is 35.2 Å². The highest BCUT2D eigenvalue weighted by molar-refractivity contribution is 5.91. The summed E-state index contributed by atoms with van der Waals surface area (Å²) in [6.07, 6.45) is -0.402. The van der Waals surface area contributed by atoms with Crippen molar-refractivity contribution in [3.8, 4) is 0 Å². The van der Waals surface area contributed by atoms with Gasteiger partial charge in [0.1, 0.15) is 6.61 Å². The van der Waals surface area contributed by atoms with Gasteiger partial charge in [0.15, 0.2) is 11.5 Å². The Morgan fingerprint density at radius 1 is 1.69 bits per heavy atom. The number of hydrogen-bond acceptors (Lipinski definition) is 6. The summed E-state index contributed by atoms with van der Waals surface area (Å²) in [5, 5.41) is 3.51. The van der Waals surface area contributed by atoms with Gasteiger partial charge in [-0.05, 0) is 0 Å². The van der Waals surface area contributed by atoms with Crippen LogP contribution < -0.4 is 11.3 Å². The molecular formula is C8H10N4O4. The summed E-state index contributed by atoms with van der Waals surface area (Å²) < 4.78 is 9.62. The molecule has 1 saturated heterocycles. The molecule has 0 atom stereocenters. The van der Waals surface area contributed by atoms with Crippen LogP contribution in [0.25, 0.3) is 0 Å². The third-order valence-corrected chi connectivity index (χ3v) is 2.11. The molecule has 0 spiro atoms. The quantitative estimate of drug-likeness (QED) is 0.397. The molecule has 16 heavy (non-hydrogen) atoms. The van der Waals surface area contributed by atoms with Gasteiger partial charge in [-0.3, -0.25) is 15.1 Å². The number of nitrogens with zero attached hydrogens (tertiary/aromatic N) is 2. The van der Waals surface area contributed by atoms with E-state index in [2.05, 4.69) is 5.16 Å². The Hall–Kier alpha value is -2.09. The van der Waals surface area contributed by atoms with Crippen LogP contribution in [0.3, 0.4) is 0 Å². The van der Waals surface area contributed by atoms with Gasteiger partial charge in [0.2, 0.25) is 0 Å². The number of ether oxygens (including phenoxy) is 1. The zero-order valence-electron chi connectivity index (χ0n) is 8.30. The number of aromatic nitrogens is 1. The Kier molecular flexibility index (Phi) is 2.73. The first-order chi connectivity index (χ1) is 7.70. The molecular weight excluding hydrogens is 216 g/mol. The van der Waals surface area contributed by atoms with Gasteiger partial charge in [0, 0.05) is 6.07 Å². The zero-order chi connectivity index (χ0) is 11.5. The molecule has 0 aliphatic carbocycles. The average Bonchev–Trinajstić information content (AvgIpc) is 2.89. The van der Waals surface area contributed by atoms with Crippen molar-refractivity contribution < 1.29 is 18.8 Å². The Morgan fingerprint density at radius 2 is 2.50 bits per heavy atom. The van der Waals surface area contributed by atoms with Crippen molar-refractivity contribution in [3.05, 3.63) is 17.5 Å². The summed E-state index contributed by atoms with van der Waals surface area (Å²) in [6, 6.07) is 1.42. The first kappa shape index (κ1) is 10.4. The van der Waals surface area contributed by atoms with Crippen LogP contribution in [0.4, 0.5) is 4.79 Å². The monoisotopic (exact) mass is 226 g/mol. The Balaban J connectivity index is 2.02. The first-order valence-electron chi connectivity index (χ1n) is 4.59. The van der Waals surface area contributed by atoms with Crippen LogP contribution in [0.2, 0.25) is 0 Å². The highest BCUT2D eigenvalue weighted by atomic mass is 16.6. The molecule has 0 bridgehead atoms. The van der Waals surface area contributed by atoms with E-state index in [1.54, 1.807) is 0 Å². The van der Waals surface area contributed by atoms with Crippen LogP contribution in [0.15, 0.2) is 10.6 Å². The zero-order valence-corrected chi connectivity index (χ0v) is 8.30. The number of rotatable bonds is 3. The summed E-state index contributed by atoms with van der Waals surface area (Å²) in [7, 11) is 0. The number of hydrazine groups is 1. The highest BCUT2D eigenvalue weighted by Gasteiger charge is 2.23. The summed E-state index contributed by atoms with van der Waals surface area (Å²) >= 11 is 0. The van der Waals surface area contributed by atoms with Crippen LogP contribution >= 0.6 is 0 Å². The molecule has 8 heteroatoms. The maximum atomic E-state index is 11.1. The molecule has 2 rings (SSSR count). The lowest BCUT2D eigenvalue weighted by Crippen LogP contribution is -2.30. The molecule has 2 amide bonds. The molecule has 0 unspecified atom stereocenters. The largest absolute Gasteiger partial charge is 0.448 e. The number of nitrogens with one attached hydrogen (secondary N) is 1. The van der Waals surface area contributed by atoms with Gasteiger partial charge in [-0.1, -0.05) is 5.16 Å². The predicted molar refractivity (Wildman–Crippen MR) is 49.9 cm³/mol. The second-order valence-corrected chi connectivity index (χ2v) is 3.19. The number of nitrogen functional groups attached to an aromatic ring is 1. The lowest BCUT2D eigenvalue weighted by molar-refractivity contribution is 0.0944. The van der Waals surface area contributed by atoms with Crippen molar-refractivity contribution in [3.63, 3.8) is 0 Å². The minimum absolute atomic E-state index is 0.0741. The van der Waals surface area contributed by atoms with Crippen molar-refractivity contribution in [2.75, 3.05) is 13.2 Å². The maximum Gasteiger partial charge on any atom is 0.410 e. The highest BCUT2D eigenvalue weighted by Crippen LogP contribution is 2.11. The Morgan fingerprint density at radius 3 is 3.12 bits per heavy atom. The number of nitrogens with two attached hydrogens (primary N) is 1. The first-order valence-corrected chi connectivity index (χ1v) is 4.59. The third-order valence-electron chi connectivity index (χ3n) is 2.11. The van der Waals surface area contributed by atoms with Gasteiger partial charge in [-0.2, -0.15) is 0 Å². The molecule has 0 saturated carbocycles. The van der Waals surface area contributed by atoms with Gasteiger partial charge in [0.05, 0.1) is 13.1 Å². The summed E-state index contributed by atoms with van der Waals surface area (Å²) in [4.78, 5) is 23.6. The Labute approximate surface area is 90.3 Å². The number of carbonyl (C=O) groups excluding carboxylic acids is 2. The predicted octanol–water partition coefficient (Wildman–Crippen LogP) is -0.770. The van der Waals surface area contributed by atoms with Crippen molar-refractivity contribution >= 4 is 12.0 Å². The third kappa shape index (κ3) is 1.96. The van der Waals surface area contributed by atoms with Gasteiger partial charge >= 0.3 is 6.09 Å². The van der Waals surface area contributed by atoms with Crippen LogP contribution in [-0.2, 0) is 11.3 Å². The maximum absolute atomic E-state index is 11.1. The molecule has 2 heterocycles. The standard InChI is InChI=1S/C8H10N4O4/c9-10-7(13)6-3-5(16-11-6)4-12-1-2-15-8(12)14/h3H,1-2,4,9H2,(H,10,13). The lowest BCUT2D eigenvalue weighted by atomic mass is 10.3. The second kappa shape index (κ2) is 4.19. The summed E-state index contributed by atoms with van der Waals surface area (Å²) in [6.45, 7) is 1.09. The van der Waals surface area contributed by atoms with E-state index >= 15 is 0 Å². The molecule has 1 aromatic heterocycles. The number of carbonyl (C=O) groups is 2. The van der Waals surface area contributed by atoms with E-state index in [0.29, 0.717) is 18.9 Å². The molecule has 1 fully saturated rings. The number of hydrogen-bond donors (Lipinski definition) is 2. The second-order valence-electron chi connectivity index (χ2n) is 3.19. The van der Waals surface area contributed by atoms with E-state index in [4.69, 9.17) is 15.1 Å². The van der Waals surface area contributed by atoms with Gasteiger partial charge in [-0.15, -0.1) is 0 Å². The fourth-order valence-corrected chi connectivity index (χ4v) is 1.33. The molecule has 86 valence electrons. The molecule has 0 aromatic carbocycles. The molecule has 0 radical (unpaired) electrons. The fourth-order valence-electron chi connectivity index (χ4n) is 1.33.